The smallest absolute Gasteiger partial charge is 0.274 e. The molecule has 12 heteroatoms. The Balaban J connectivity index is 1.57. The Morgan fingerprint density at radius 2 is 1.96 bits per heavy atom. The molecule has 1 aliphatic rings. The van der Waals surface area contributed by atoms with E-state index < -0.39 is 15.1 Å². The Labute approximate surface area is 149 Å². The van der Waals surface area contributed by atoms with Gasteiger partial charge in [-0.3, -0.25) is 15.0 Å². The first-order chi connectivity index (χ1) is 12.3. The molecule has 26 heavy (non-hydrogen) atoms. The van der Waals surface area contributed by atoms with Crippen molar-refractivity contribution in [1.82, 2.24) is 19.8 Å². The zero-order chi connectivity index (χ0) is 18.7. The van der Waals surface area contributed by atoms with Gasteiger partial charge in [-0.15, -0.1) is 0 Å². The SMILES string of the molecule is NS(=O)(=O)NC1CCN(Cc2nc(-c3ccc([N+](=O)[O-])cc3)no2)CC1. The summed E-state index contributed by atoms with van der Waals surface area (Å²) in [6.45, 7) is 1.78. The van der Waals surface area contributed by atoms with Gasteiger partial charge < -0.3 is 4.52 Å². The summed E-state index contributed by atoms with van der Waals surface area (Å²) in [6.07, 6.45) is 1.28. The van der Waals surface area contributed by atoms with Gasteiger partial charge in [0.05, 0.1) is 11.5 Å². The molecule has 1 fully saturated rings. The molecule has 0 radical (unpaired) electrons. The van der Waals surface area contributed by atoms with Gasteiger partial charge in [0, 0.05) is 36.8 Å². The fourth-order valence-corrected chi connectivity index (χ4v) is 3.50. The molecule has 2 aromatic rings. The lowest BCUT2D eigenvalue weighted by atomic mass is 10.1. The quantitative estimate of drug-likeness (QED) is 0.537. The molecule has 0 saturated carbocycles. The van der Waals surface area contributed by atoms with Crippen LogP contribution in [-0.4, -0.2) is 47.5 Å². The van der Waals surface area contributed by atoms with Crippen LogP contribution in [0.5, 0.6) is 0 Å². The van der Waals surface area contributed by atoms with Crippen LogP contribution in [0.15, 0.2) is 28.8 Å². The number of hydrogen-bond donors (Lipinski definition) is 2. The van der Waals surface area contributed by atoms with Gasteiger partial charge in [0.25, 0.3) is 15.9 Å². The van der Waals surface area contributed by atoms with Crippen molar-refractivity contribution in [2.24, 2.45) is 5.14 Å². The zero-order valence-electron chi connectivity index (χ0n) is 13.7. The molecular formula is C14H18N6O5S. The number of aromatic nitrogens is 2. The molecule has 1 saturated heterocycles. The van der Waals surface area contributed by atoms with Crippen LogP contribution in [0.1, 0.15) is 18.7 Å². The van der Waals surface area contributed by atoms with Crippen molar-refractivity contribution in [2.45, 2.75) is 25.4 Å². The maximum Gasteiger partial charge on any atom is 0.274 e. The third kappa shape index (κ3) is 4.82. The van der Waals surface area contributed by atoms with E-state index in [0.29, 0.717) is 49.8 Å². The largest absolute Gasteiger partial charge is 0.338 e. The number of nitro benzene ring substituents is 1. The van der Waals surface area contributed by atoms with Crippen LogP contribution in [-0.2, 0) is 16.8 Å². The van der Waals surface area contributed by atoms with Crippen LogP contribution in [0.2, 0.25) is 0 Å². The first-order valence-electron chi connectivity index (χ1n) is 7.90. The van der Waals surface area contributed by atoms with Crippen LogP contribution >= 0.6 is 0 Å². The Morgan fingerprint density at radius 3 is 2.54 bits per heavy atom. The average molecular weight is 382 g/mol. The minimum absolute atomic E-state index is 0.00607. The van der Waals surface area contributed by atoms with E-state index in [1.165, 1.54) is 12.1 Å². The number of nitrogens with one attached hydrogen (secondary N) is 1. The highest BCUT2D eigenvalue weighted by Gasteiger charge is 2.23. The Morgan fingerprint density at radius 1 is 1.31 bits per heavy atom. The lowest BCUT2D eigenvalue weighted by molar-refractivity contribution is -0.384. The van der Waals surface area contributed by atoms with E-state index in [9.17, 15) is 18.5 Å². The summed E-state index contributed by atoms with van der Waals surface area (Å²) < 4.78 is 29.7. The molecule has 0 unspecified atom stereocenters. The number of benzene rings is 1. The first kappa shape index (κ1) is 18.4. The molecule has 0 aliphatic carbocycles. The predicted octanol–water partition coefficient (Wildman–Crippen LogP) is 0.402. The molecule has 1 aliphatic heterocycles. The zero-order valence-corrected chi connectivity index (χ0v) is 14.6. The topological polar surface area (TPSA) is 157 Å². The second kappa shape index (κ2) is 7.45. The molecule has 11 nitrogen and oxygen atoms in total. The van der Waals surface area contributed by atoms with Crippen molar-refractivity contribution < 1.29 is 17.9 Å². The molecule has 140 valence electrons. The van der Waals surface area contributed by atoms with Crippen molar-refractivity contribution in [3.63, 3.8) is 0 Å². The summed E-state index contributed by atoms with van der Waals surface area (Å²) in [5.74, 6) is 0.789. The third-order valence-electron chi connectivity index (χ3n) is 4.08. The second-order valence-corrected chi connectivity index (χ2v) is 7.35. The molecular weight excluding hydrogens is 364 g/mol. The lowest BCUT2D eigenvalue weighted by Crippen LogP contribution is -2.46. The highest BCUT2D eigenvalue weighted by molar-refractivity contribution is 7.87. The third-order valence-corrected chi connectivity index (χ3v) is 4.74. The number of piperidine rings is 1. The average Bonchev–Trinajstić information content (AvgIpc) is 3.04. The molecule has 1 aromatic heterocycles. The van der Waals surface area contributed by atoms with Gasteiger partial charge in [0.15, 0.2) is 0 Å². The molecule has 0 amide bonds. The number of hydrogen-bond acceptors (Lipinski definition) is 8. The molecule has 0 spiro atoms. The van der Waals surface area contributed by atoms with Crippen LogP contribution in [0.3, 0.4) is 0 Å². The normalized spacial score (nSPS) is 16.7. The standard InChI is InChI=1S/C14H18N6O5S/c15-26(23,24)18-11-5-7-19(8-6-11)9-13-16-14(17-25-13)10-1-3-12(4-2-10)20(21)22/h1-4,11,18H,5-9H2,(H2,15,23,24). The highest BCUT2D eigenvalue weighted by atomic mass is 32.2. The van der Waals surface area contributed by atoms with Gasteiger partial charge >= 0.3 is 0 Å². The molecule has 3 N–H and O–H groups in total. The number of rotatable bonds is 6. The van der Waals surface area contributed by atoms with Gasteiger partial charge in [-0.25, -0.2) is 5.14 Å². The monoisotopic (exact) mass is 382 g/mol. The van der Waals surface area contributed by atoms with Gasteiger partial charge in [-0.05, 0) is 25.0 Å². The molecule has 0 atom stereocenters. The fraction of sp³-hybridized carbons (Fsp3) is 0.429. The summed E-state index contributed by atoms with van der Waals surface area (Å²) in [6, 6.07) is 5.73. The molecule has 1 aromatic carbocycles. The summed E-state index contributed by atoms with van der Waals surface area (Å²) in [5.41, 5.74) is 0.620. The maximum absolute atomic E-state index is 11.1. The first-order valence-corrected chi connectivity index (χ1v) is 9.44. The van der Waals surface area contributed by atoms with E-state index in [1.54, 1.807) is 12.1 Å². The van der Waals surface area contributed by atoms with E-state index in [1.807, 2.05) is 0 Å². The van der Waals surface area contributed by atoms with Crippen molar-refractivity contribution >= 4 is 15.9 Å². The maximum atomic E-state index is 11.1. The highest BCUT2D eigenvalue weighted by Crippen LogP contribution is 2.21. The van der Waals surface area contributed by atoms with Crippen molar-refractivity contribution in [2.75, 3.05) is 13.1 Å². The summed E-state index contributed by atoms with van der Waals surface area (Å²) in [5, 5.41) is 19.6. The Bertz CT molecular complexity index is 873. The van der Waals surface area contributed by atoms with Gasteiger partial charge in [0.1, 0.15) is 0 Å². The second-order valence-electron chi connectivity index (χ2n) is 6.03. The van der Waals surface area contributed by atoms with Crippen molar-refractivity contribution in [3.05, 3.63) is 40.3 Å². The van der Waals surface area contributed by atoms with E-state index in [2.05, 4.69) is 19.8 Å². The van der Waals surface area contributed by atoms with Crippen LogP contribution < -0.4 is 9.86 Å². The summed E-state index contributed by atoms with van der Waals surface area (Å²) in [4.78, 5) is 16.6. The van der Waals surface area contributed by atoms with Crippen LogP contribution in [0, 0.1) is 10.1 Å². The number of nitrogens with zero attached hydrogens (tertiary/aromatic N) is 4. The van der Waals surface area contributed by atoms with E-state index in [0.717, 1.165) is 0 Å². The predicted molar refractivity (Wildman–Crippen MR) is 90.9 cm³/mol. The van der Waals surface area contributed by atoms with Crippen LogP contribution in [0.4, 0.5) is 5.69 Å². The van der Waals surface area contributed by atoms with Gasteiger partial charge in [-0.2, -0.15) is 18.1 Å². The Hall–Kier alpha value is -2.41. The number of nitro groups is 1. The molecule has 0 bridgehead atoms. The van der Waals surface area contributed by atoms with Crippen molar-refractivity contribution in [1.29, 1.82) is 0 Å². The van der Waals surface area contributed by atoms with E-state index in [-0.39, 0.29) is 11.7 Å². The Kier molecular flexibility index (Phi) is 5.27. The van der Waals surface area contributed by atoms with Crippen molar-refractivity contribution in [3.8, 4) is 11.4 Å². The van der Waals surface area contributed by atoms with E-state index in [4.69, 9.17) is 9.66 Å². The minimum Gasteiger partial charge on any atom is -0.338 e. The number of nitrogens with two attached hydrogens (primary N) is 1. The summed E-state index contributed by atoms with van der Waals surface area (Å²) >= 11 is 0. The van der Waals surface area contributed by atoms with Crippen LogP contribution in [0.25, 0.3) is 11.4 Å². The summed E-state index contributed by atoms with van der Waals surface area (Å²) in [7, 11) is -3.69. The lowest BCUT2D eigenvalue weighted by Gasteiger charge is -2.30. The molecule has 3 rings (SSSR count). The minimum atomic E-state index is -3.69. The number of non-ortho nitro benzene ring substituents is 1. The molecule has 2 heterocycles. The van der Waals surface area contributed by atoms with Gasteiger partial charge in [0.2, 0.25) is 11.7 Å². The van der Waals surface area contributed by atoms with E-state index >= 15 is 0 Å². The number of likely N-dealkylation sites (tertiary alicyclic amines) is 1. The fourth-order valence-electron chi connectivity index (χ4n) is 2.80. The van der Waals surface area contributed by atoms with Gasteiger partial charge in [-0.1, -0.05) is 5.16 Å².